The lowest BCUT2D eigenvalue weighted by molar-refractivity contribution is 0.00175. The Bertz CT molecular complexity index is 1160. The van der Waals surface area contributed by atoms with Gasteiger partial charge in [-0.15, -0.1) is 0 Å². The van der Waals surface area contributed by atoms with E-state index in [4.69, 9.17) is 28.1 Å². The van der Waals surface area contributed by atoms with E-state index in [1.807, 2.05) is 0 Å². The van der Waals surface area contributed by atoms with Crippen LogP contribution < -0.4 is 23.4 Å². The zero-order valence-electron chi connectivity index (χ0n) is 27.8. The second-order valence-electron chi connectivity index (χ2n) is 12.4. The van der Waals surface area contributed by atoms with E-state index in [-0.39, 0.29) is 12.2 Å². The number of aryl methyl sites for hydroxylation is 2. The summed E-state index contributed by atoms with van der Waals surface area (Å²) >= 11 is 0. The molecule has 6 nitrogen and oxygen atoms in total. The van der Waals surface area contributed by atoms with Crippen LogP contribution in [0.1, 0.15) is 97.9 Å². The summed E-state index contributed by atoms with van der Waals surface area (Å²) in [5, 5.41) is 0. The molecule has 1 aliphatic rings. The third-order valence-corrected chi connectivity index (χ3v) is 14.7. The van der Waals surface area contributed by atoms with Crippen molar-refractivity contribution < 1.29 is 28.1 Å². The van der Waals surface area contributed by atoms with Crippen LogP contribution in [-0.4, -0.2) is 42.9 Å². The number of hydrogen-bond donors (Lipinski definition) is 0. The number of fused-ring (bicyclic) bond motifs is 3. The summed E-state index contributed by atoms with van der Waals surface area (Å²) in [6.07, 6.45) is 3.28. The molecule has 0 spiro atoms. The van der Waals surface area contributed by atoms with Crippen molar-refractivity contribution in [3.8, 4) is 39.9 Å². The van der Waals surface area contributed by atoms with E-state index in [9.17, 15) is 0 Å². The topological polar surface area (TPSA) is 55.4 Å². The highest BCUT2D eigenvalue weighted by atomic mass is 28.4. The highest BCUT2D eigenvalue weighted by molar-refractivity contribution is 6.78. The first-order chi connectivity index (χ1) is 19.4. The van der Waals surface area contributed by atoms with Gasteiger partial charge in [0.1, 0.15) is 11.5 Å². The Morgan fingerprint density at radius 2 is 1.32 bits per heavy atom. The molecule has 0 aliphatic heterocycles. The monoisotopic (exact) mass is 586 g/mol. The second-order valence-corrected chi connectivity index (χ2v) is 17.8. The van der Waals surface area contributed by atoms with Crippen molar-refractivity contribution in [2.45, 2.75) is 117 Å². The van der Waals surface area contributed by atoms with Gasteiger partial charge in [-0.2, -0.15) is 0 Å². The molecular weight excluding hydrogens is 532 g/mol. The zero-order valence-corrected chi connectivity index (χ0v) is 28.8. The van der Waals surface area contributed by atoms with E-state index >= 15 is 0 Å². The molecule has 1 atom stereocenters. The van der Waals surface area contributed by atoms with Crippen LogP contribution in [0.4, 0.5) is 0 Å². The normalized spacial score (nSPS) is 15.2. The van der Waals surface area contributed by atoms with Crippen molar-refractivity contribution in [3.63, 3.8) is 0 Å². The molecule has 0 saturated heterocycles. The number of rotatable bonds is 13. The zero-order chi connectivity index (χ0) is 30.6. The van der Waals surface area contributed by atoms with Gasteiger partial charge < -0.3 is 28.1 Å². The Labute approximate surface area is 250 Å². The molecule has 230 valence electrons. The van der Waals surface area contributed by atoms with E-state index in [1.54, 1.807) is 28.4 Å². The van der Waals surface area contributed by atoms with Crippen molar-refractivity contribution in [2.24, 2.45) is 0 Å². The Kier molecular flexibility index (Phi) is 11.1. The van der Waals surface area contributed by atoms with Gasteiger partial charge in [-0.05, 0) is 73.0 Å². The molecule has 1 unspecified atom stereocenters. The van der Waals surface area contributed by atoms with E-state index in [0.29, 0.717) is 33.9 Å². The minimum absolute atomic E-state index is 0.0384. The molecule has 7 heteroatoms. The van der Waals surface area contributed by atoms with Gasteiger partial charge >= 0.3 is 0 Å². The first-order valence-electron chi connectivity index (χ1n) is 15.3. The van der Waals surface area contributed by atoms with Crippen molar-refractivity contribution >= 4 is 8.32 Å². The molecule has 0 saturated carbocycles. The summed E-state index contributed by atoms with van der Waals surface area (Å²) in [5.74, 6) is 3.65. The largest absolute Gasteiger partial charge is 0.542 e. The molecule has 41 heavy (non-hydrogen) atoms. The van der Waals surface area contributed by atoms with Gasteiger partial charge in [-0.1, -0.05) is 54.9 Å². The molecule has 0 heterocycles. The van der Waals surface area contributed by atoms with Gasteiger partial charge in [0.2, 0.25) is 5.75 Å². The van der Waals surface area contributed by atoms with Crippen LogP contribution >= 0.6 is 0 Å². The lowest BCUT2D eigenvalue weighted by Crippen LogP contribution is -2.51. The number of ether oxygens (including phenoxy) is 5. The Hall–Kier alpha value is -2.38. The van der Waals surface area contributed by atoms with Crippen LogP contribution in [0.3, 0.4) is 0 Å². The van der Waals surface area contributed by atoms with Gasteiger partial charge in [0.25, 0.3) is 8.32 Å². The molecule has 0 N–H and O–H groups in total. The van der Waals surface area contributed by atoms with Crippen molar-refractivity contribution in [1.29, 1.82) is 0 Å². The molecule has 0 bridgehead atoms. The van der Waals surface area contributed by atoms with Crippen molar-refractivity contribution in [1.82, 2.24) is 0 Å². The molecule has 0 aromatic heterocycles. The summed E-state index contributed by atoms with van der Waals surface area (Å²) in [6, 6.07) is 4.34. The van der Waals surface area contributed by atoms with E-state index < -0.39 is 8.32 Å². The van der Waals surface area contributed by atoms with Gasteiger partial charge in [-0.3, -0.25) is 0 Å². The van der Waals surface area contributed by atoms with Gasteiger partial charge in [0, 0.05) is 16.7 Å². The molecule has 3 rings (SSSR count). The van der Waals surface area contributed by atoms with Crippen molar-refractivity contribution in [2.75, 3.05) is 28.4 Å². The van der Waals surface area contributed by atoms with Crippen LogP contribution in [-0.2, 0) is 17.6 Å². The fraction of sp³-hybridized carbons (Fsp3) is 0.647. The van der Waals surface area contributed by atoms with E-state index in [1.165, 1.54) is 0 Å². The Balaban J connectivity index is 2.59. The lowest BCUT2D eigenvalue weighted by Gasteiger charge is -2.43. The highest BCUT2D eigenvalue weighted by Crippen LogP contribution is 2.57. The van der Waals surface area contributed by atoms with Crippen LogP contribution in [0.2, 0.25) is 16.6 Å². The maximum Gasteiger partial charge on any atom is 0.258 e. The van der Waals surface area contributed by atoms with Gasteiger partial charge in [-0.25, -0.2) is 0 Å². The third-order valence-electron chi connectivity index (χ3n) is 8.67. The average Bonchev–Trinajstić information content (AvgIpc) is 3.06. The van der Waals surface area contributed by atoms with E-state index in [2.05, 4.69) is 74.4 Å². The third kappa shape index (κ3) is 6.08. The Morgan fingerprint density at radius 1 is 0.732 bits per heavy atom. The van der Waals surface area contributed by atoms with Crippen LogP contribution in [0.15, 0.2) is 12.1 Å². The number of hydrogen-bond acceptors (Lipinski definition) is 6. The van der Waals surface area contributed by atoms with Crippen LogP contribution in [0.25, 0.3) is 11.1 Å². The maximum absolute atomic E-state index is 7.54. The van der Waals surface area contributed by atoms with E-state index in [0.717, 1.165) is 65.0 Å². The summed E-state index contributed by atoms with van der Waals surface area (Å²) in [6.45, 7) is 20.4. The molecule has 0 radical (unpaired) electrons. The molecule has 0 fully saturated rings. The van der Waals surface area contributed by atoms with Crippen LogP contribution in [0.5, 0.6) is 28.7 Å². The summed E-state index contributed by atoms with van der Waals surface area (Å²) in [7, 11) is 4.47. The van der Waals surface area contributed by atoms with Crippen molar-refractivity contribution in [3.05, 3.63) is 28.8 Å². The first-order valence-corrected chi connectivity index (χ1v) is 17.5. The molecule has 2 aromatic rings. The minimum atomic E-state index is -2.31. The van der Waals surface area contributed by atoms with Gasteiger partial charge in [0.15, 0.2) is 11.5 Å². The predicted octanol–water partition coefficient (Wildman–Crippen LogP) is 9.31. The number of benzene rings is 2. The smallest absolute Gasteiger partial charge is 0.258 e. The summed E-state index contributed by atoms with van der Waals surface area (Å²) in [5.41, 5.74) is 6.55. The Morgan fingerprint density at radius 3 is 1.78 bits per heavy atom. The van der Waals surface area contributed by atoms with Crippen LogP contribution in [0, 0.1) is 0 Å². The fourth-order valence-corrected chi connectivity index (χ4v) is 12.4. The molecular formula is C34H54O6Si. The molecule has 0 amide bonds. The minimum Gasteiger partial charge on any atom is -0.542 e. The maximum atomic E-state index is 7.54. The quantitative estimate of drug-likeness (QED) is 0.218. The number of methoxy groups -OCH3 is 4. The standard InChI is InChI=1S/C34H54O6Si/c1-14-15-25-19-27(40-41(21(4)5,22(6)7)23(8)9)30-26(39-20(2)3)17-16-24-18-28(35-10)33(37-12)34(38-13)29(24)31(30)32(25)36-11/h18-23,26H,14-17H2,1-13H3. The lowest BCUT2D eigenvalue weighted by atomic mass is 9.89. The average molecular weight is 587 g/mol. The predicted molar refractivity (Wildman–Crippen MR) is 171 cm³/mol. The van der Waals surface area contributed by atoms with Gasteiger partial charge in [0.05, 0.1) is 40.6 Å². The highest BCUT2D eigenvalue weighted by Gasteiger charge is 2.48. The molecule has 1 aliphatic carbocycles. The summed E-state index contributed by atoms with van der Waals surface area (Å²) in [4.78, 5) is 0. The fourth-order valence-electron chi connectivity index (χ4n) is 7.17. The first kappa shape index (κ1) is 33.1. The summed E-state index contributed by atoms with van der Waals surface area (Å²) < 4.78 is 38.3. The molecule has 2 aromatic carbocycles. The SMILES string of the molecule is CCCc1cc(O[Si](C(C)C)(C(C)C)C(C)C)c2c(c1OC)-c1c(cc(OC)c(OC)c1OC)CCC2OC(C)C. The second kappa shape index (κ2) is 13.7.